The lowest BCUT2D eigenvalue weighted by atomic mass is 10.1. The molecule has 0 amide bonds. The average molecular weight is 314 g/mol. The van der Waals surface area contributed by atoms with Crippen LogP contribution < -0.4 is 10.1 Å². The van der Waals surface area contributed by atoms with Crippen LogP contribution in [-0.2, 0) is 6.42 Å². The molecule has 0 spiro atoms. The van der Waals surface area contributed by atoms with Gasteiger partial charge in [-0.2, -0.15) is 0 Å². The first kappa shape index (κ1) is 15.4. The molecule has 0 unspecified atom stereocenters. The van der Waals surface area contributed by atoms with Crippen LogP contribution in [0.1, 0.15) is 5.56 Å². The Kier molecular flexibility index (Phi) is 5.68. The average Bonchev–Trinajstić information content (AvgIpc) is 2.47. The van der Waals surface area contributed by atoms with E-state index in [0.29, 0.717) is 12.2 Å². The number of halogens is 3. The Morgan fingerprint density at radius 1 is 1.19 bits per heavy atom. The number of rotatable bonds is 7. The summed E-state index contributed by atoms with van der Waals surface area (Å²) in [4.78, 5) is 0. The molecule has 21 heavy (non-hydrogen) atoms. The van der Waals surface area contributed by atoms with Crippen molar-refractivity contribution in [2.75, 3.05) is 18.5 Å². The molecule has 0 atom stereocenters. The van der Waals surface area contributed by atoms with Gasteiger partial charge in [0.25, 0.3) is 12.3 Å². The Balaban J connectivity index is 1.96. The summed E-state index contributed by atoms with van der Waals surface area (Å²) in [5.41, 5.74) is 1.61. The zero-order valence-electron chi connectivity index (χ0n) is 11.1. The van der Waals surface area contributed by atoms with Gasteiger partial charge in [-0.1, -0.05) is 41.9 Å². The Morgan fingerprint density at radius 2 is 1.95 bits per heavy atom. The van der Waals surface area contributed by atoms with E-state index in [1.807, 2.05) is 30.3 Å². The summed E-state index contributed by atoms with van der Waals surface area (Å²) in [7, 11) is 0. The Hall–Kier alpha value is -1.95. The van der Waals surface area contributed by atoms with Crippen LogP contribution in [-0.4, -0.2) is 29.8 Å². The number of hydrogen-bond acceptors (Lipinski definition) is 4. The molecule has 1 heterocycles. The molecule has 0 aliphatic heterocycles. The van der Waals surface area contributed by atoms with E-state index in [-0.39, 0.29) is 11.0 Å². The molecule has 0 aliphatic carbocycles. The highest BCUT2D eigenvalue weighted by Gasteiger charge is 2.11. The van der Waals surface area contributed by atoms with E-state index in [2.05, 4.69) is 15.5 Å². The number of ether oxygens (including phenoxy) is 1. The number of alkyl halides is 2. The zero-order valence-corrected chi connectivity index (χ0v) is 11.9. The Labute approximate surface area is 126 Å². The zero-order chi connectivity index (χ0) is 15.1. The highest BCUT2D eigenvalue weighted by Crippen LogP contribution is 2.23. The van der Waals surface area contributed by atoms with Crippen molar-refractivity contribution in [1.29, 1.82) is 0 Å². The maximum absolute atomic E-state index is 12.2. The third-order valence-corrected chi connectivity index (χ3v) is 2.83. The highest BCUT2D eigenvalue weighted by molar-refractivity contribution is 6.29. The minimum atomic E-state index is -2.57. The molecule has 112 valence electrons. The van der Waals surface area contributed by atoms with E-state index in [1.165, 1.54) is 6.07 Å². The first-order chi connectivity index (χ1) is 10.1. The van der Waals surface area contributed by atoms with Gasteiger partial charge < -0.3 is 10.1 Å². The first-order valence-electron chi connectivity index (χ1n) is 6.37. The molecule has 7 heteroatoms. The van der Waals surface area contributed by atoms with Gasteiger partial charge in [0.1, 0.15) is 5.69 Å². The van der Waals surface area contributed by atoms with Gasteiger partial charge in [0.15, 0.2) is 11.8 Å². The van der Waals surface area contributed by atoms with Gasteiger partial charge in [-0.25, -0.2) is 8.78 Å². The number of nitrogens with one attached hydrogen (secondary N) is 1. The number of anilines is 1. The molecule has 1 aromatic heterocycles. The molecule has 0 radical (unpaired) electrons. The van der Waals surface area contributed by atoms with Crippen LogP contribution in [0.25, 0.3) is 0 Å². The van der Waals surface area contributed by atoms with Gasteiger partial charge in [0.2, 0.25) is 0 Å². The van der Waals surface area contributed by atoms with E-state index in [9.17, 15) is 8.78 Å². The fourth-order valence-corrected chi connectivity index (χ4v) is 1.87. The van der Waals surface area contributed by atoms with Crippen LogP contribution in [0.3, 0.4) is 0 Å². The molecule has 2 rings (SSSR count). The van der Waals surface area contributed by atoms with Crippen molar-refractivity contribution in [3.8, 4) is 5.88 Å². The Morgan fingerprint density at radius 3 is 2.67 bits per heavy atom. The summed E-state index contributed by atoms with van der Waals surface area (Å²) >= 11 is 5.76. The predicted octanol–water partition coefficient (Wildman–Crippen LogP) is 3.43. The molecular weight excluding hydrogens is 300 g/mol. The standard InChI is InChI=1S/C14H14ClF2N3O/c15-12-8-11(14(20-19-12)21-9-13(16)17)18-7-6-10-4-2-1-3-5-10/h1-5,8,13H,6-7,9H2,(H,18,19). The van der Waals surface area contributed by atoms with Crippen LogP contribution in [0.4, 0.5) is 14.5 Å². The predicted molar refractivity (Wildman–Crippen MR) is 77.2 cm³/mol. The maximum atomic E-state index is 12.2. The largest absolute Gasteiger partial charge is 0.469 e. The minimum absolute atomic E-state index is 0.0211. The van der Waals surface area contributed by atoms with Crippen molar-refractivity contribution in [2.24, 2.45) is 0 Å². The smallest absolute Gasteiger partial charge is 0.272 e. The van der Waals surface area contributed by atoms with Gasteiger partial charge in [0, 0.05) is 12.6 Å². The summed E-state index contributed by atoms with van der Waals surface area (Å²) in [6, 6.07) is 11.4. The summed E-state index contributed by atoms with van der Waals surface area (Å²) in [5.74, 6) is 0.0211. The minimum Gasteiger partial charge on any atom is -0.469 e. The van der Waals surface area contributed by atoms with Crippen LogP contribution in [0, 0.1) is 0 Å². The van der Waals surface area contributed by atoms with Crippen molar-refractivity contribution in [1.82, 2.24) is 10.2 Å². The van der Waals surface area contributed by atoms with Gasteiger partial charge in [-0.3, -0.25) is 0 Å². The Bertz CT molecular complexity index is 569. The first-order valence-corrected chi connectivity index (χ1v) is 6.75. The van der Waals surface area contributed by atoms with Gasteiger partial charge in [0.05, 0.1) is 0 Å². The summed E-state index contributed by atoms with van der Waals surface area (Å²) in [6.07, 6.45) is -1.80. The molecule has 0 saturated heterocycles. The van der Waals surface area contributed by atoms with Gasteiger partial charge >= 0.3 is 0 Å². The topological polar surface area (TPSA) is 47.0 Å². The van der Waals surface area contributed by atoms with Crippen molar-refractivity contribution >= 4 is 17.3 Å². The van der Waals surface area contributed by atoms with Crippen molar-refractivity contribution < 1.29 is 13.5 Å². The molecular formula is C14H14ClF2N3O. The lowest BCUT2D eigenvalue weighted by molar-refractivity contribution is 0.0795. The molecule has 0 bridgehead atoms. The second kappa shape index (κ2) is 7.73. The third-order valence-electron chi connectivity index (χ3n) is 2.65. The van der Waals surface area contributed by atoms with Crippen molar-refractivity contribution in [2.45, 2.75) is 12.8 Å². The summed E-state index contributed by atoms with van der Waals surface area (Å²) < 4.78 is 29.3. The SMILES string of the molecule is FC(F)COc1nnc(Cl)cc1NCCc1ccccc1. The molecule has 1 N–H and O–H groups in total. The number of hydrogen-bond donors (Lipinski definition) is 1. The van der Waals surface area contributed by atoms with E-state index in [4.69, 9.17) is 16.3 Å². The number of benzene rings is 1. The number of aromatic nitrogens is 2. The van der Waals surface area contributed by atoms with E-state index >= 15 is 0 Å². The van der Waals surface area contributed by atoms with Crippen LogP contribution in [0.2, 0.25) is 5.15 Å². The van der Waals surface area contributed by atoms with Gasteiger partial charge in [-0.15, -0.1) is 10.2 Å². The third kappa shape index (κ3) is 5.15. The van der Waals surface area contributed by atoms with Crippen LogP contribution in [0.5, 0.6) is 5.88 Å². The van der Waals surface area contributed by atoms with E-state index < -0.39 is 13.0 Å². The normalized spacial score (nSPS) is 10.7. The summed E-state index contributed by atoms with van der Waals surface area (Å²) in [6.45, 7) is -0.138. The fourth-order valence-electron chi connectivity index (χ4n) is 1.72. The van der Waals surface area contributed by atoms with E-state index in [0.717, 1.165) is 12.0 Å². The lowest BCUT2D eigenvalue weighted by Gasteiger charge is -2.11. The molecule has 1 aromatic carbocycles. The molecule has 4 nitrogen and oxygen atoms in total. The van der Waals surface area contributed by atoms with Crippen molar-refractivity contribution in [3.05, 3.63) is 47.1 Å². The molecule has 0 saturated carbocycles. The molecule has 0 aliphatic rings. The van der Waals surface area contributed by atoms with Crippen molar-refractivity contribution in [3.63, 3.8) is 0 Å². The second-order valence-corrected chi connectivity index (χ2v) is 4.64. The monoisotopic (exact) mass is 313 g/mol. The summed E-state index contributed by atoms with van der Waals surface area (Å²) in [5, 5.41) is 10.5. The fraction of sp³-hybridized carbons (Fsp3) is 0.286. The van der Waals surface area contributed by atoms with Gasteiger partial charge in [-0.05, 0) is 12.0 Å². The number of nitrogens with zero attached hydrogens (tertiary/aromatic N) is 2. The van der Waals surface area contributed by atoms with Crippen LogP contribution >= 0.6 is 11.6 Å². The highest BCUT2D eigenvalue weighted by atomic mass is 35.5. The van der Waals surface area contributed by atoms with Crippen LogP contribution in [0.15, 0.2) is 36.4 Å². The quantitative estimate of drug-likeness (QED) is 0.850. The second-order valence-electron chi connectivity index (χ2n) is 4.25. The lowest BCUT2D eigenvalue weighted by Crippen LogP contribution is -2.12. The van der Waals surface area contributed by atoms with E-state index in [1.54, 1.807) is 0 Å². The molecule has 0 fully saturated rings. The maximum Gasteiger partial charge on any atom is 0.272 e. The molecule has 2 aromatic rings.